The first-order chi connectivity index (χ1) is 29.1. The Balaban J connectivity index is 3.79. The molecule has 0 saturated heterocycles. The Bertz CT molecular complexity index is 1030. The third-order valence-electron chi connectivity index (χ3n) is 11.4. The molecule has 12 heteroatoms. The fourth-order valence-electron chi connectivity index (χ4n) is 7.50. The molecule has 356 valence electrons. The summed E-state index contributed by atoms with van der Waals surface area (Å²) in [5, 5.41) is 21.9. The van der Waals surface area contributed by atoms with Crippen molar-refractivity contribution in [2.24, 2.45) is 0 Å². The van der Waals surface area contributed by atoms with Gasteiger partial charge in [0.05, 0.1) is 13.2 Å². The molecule has 0 radical (unpaired) electrons. The summed E-state index contributed by atoms with van der Waals surface area (Å²) >= 11 is 0. The minimum absolute atomic E-state index is 0.153. The van der Waals surface area contributed by atoms with E-state index in [0.29, 0.717) is 12.8 Å². The summed E-state index contributed by atoms with van der Waals surface area (Å²) in [4.78, 5) is 46.1. The minimum Gasteiger partial charge on any atom is -0.480 e. The molecular weight excluding hydrogens is 781 g/mol. The molecule has 0 aromatic heterocycles. The molecule has 0 rings (SSSR count). The molecule has 0 aliphatic rings. The zero-order valence-electron chi connectivity index (χ0n) is 38.8. The molecule has 0 aliphatic carbocycles. The number of carboxylic acid groups (broad SMARTS) is 1. The number of carbonyl (C=O) groups excluding carboxylic acids is 2. The first-order valence-electron chi connectivity index (χ1n) is 25.1. The second kappa shape index (κ2) is 44.1. The number of hydrogen-bond donors (Lipinski definition) is 4. The lowest BCUT2D eigenvalue weighted by Gasteiger charge is -2.18. The smallest absolute Gasteiger partial charge is 0.472 e. The van der Waals surface area contributed by atoms with Crippen molar-refractivity contribution in [3.63, 3.8) is 0 Å². The van der Waals surface area contributed by atoms with Gasteiger partial charge in [-0.15, -0.1) is 0 Å². The first-order valence-corrected chi connectivity index (χ1v) is 26.6. The number of aliphatic hydroxyl groups excluding tert-OH is 1. The molecule has 3 atom stereocenters. The number of amides is 1. The van der Waals surface area contributed by atoms with Gasteiger partial charge in [0.15, 0.2) is 6.04 Å². The van der Waals surface area contributed by atoms with E-state index in [0.717, 1.165) is 38.5 Å². The summed E-state index contributed by atoms with van der Waals surface area (Å²) in [6.07, 6.45) is 44.1. The molecular formula is C48H94NO10P. The van der Waals surface area contributed by atoms with Gasteiger partial charge in [0.2, 0.25) is 5.91 Å². The average molecular weight is 876 g/mol. The maximum Gasteiger partial charge on any atom is 0.472 e. The van der Waals surface area contributed by atoms with Gasteiger partial charge in [0.25, 0.3) is 0 Å². The van der Waals surface area contributed by atoms with Crippen LogP contribution in [-0.2, 0) is 32.7 Å². The van der Waals surface area contributed by atoms with E-state index in [1.807, 2.05) is 0 Å². The van der Waals surface area contributed by atoms with E-state index in [4.69, 9.17) is 13.8 Å². The molecule has 0 aromatic carbocycles. The van der Waals surface area contributed by atoms with Gasteiger partial charge in [-0.1, -0.05) is 232 Å². The van der Waals surface area contributed by atoms with Crippen LogP contribution in [0.2, 0.25) is 0 Å². The number of nitrogens with one attached hydrogen (secondary N) is 1. The normalized spacial score (nSPS) is 13.5. The van der Waals surface area contributed by atoms with Gasteiger partial charge in [-0.25, -0.2) is 9.36 Å². The number of hydrogen-bond acceptors (Lipinski definition) is 8. The highest BCUT2D eigenvalue weighted by molar-refractivity contribution is 7.47. The van der Waals surface area contributed by atoms with Crippen LogP contribution in [0.25, 0.3) is 0 Å². The molecule has 0 aromatic rings. The Kier molecular flexibility index (Phi) is 43.0. The van der Waals surface area contributed by atoms with Gasteiger partial charge in [-0.05, 0) is 12.8 Å². The number of phosphoric acid groups is 1. The molecule has 0 aliphatic heterocycles. The zero-order valence-corrected chi connectivity index (χ0v) is 39.7. The maximum atomic E-state index is 12.3. The van der Waals surface area contributed by atoms with E-state index >= 15 is 0 Å². The topological polar surface area (TPSA) is 169 Å². The summed E-state index contributed by atoms with van der Waals surface area (Å²) in [6.45, 7) is 2.65. The molecule has 60 heavy (non-hydrogen) atoms. The van der Waals surface area contributed by atoms with Crippen molar-refractivity contribution < 1.29 is 47.8 Å². The molecule has 0 bridgehead atoms. The number of carboxylic acids is 1. The highest BCUT2D eigenvalue weighted by atomic mass is 31.2. The molecule has 11 nitrogen and oxygen atoms in total. The SMILES string of the molecule is CCCCCCCCCCCCCCCCCCCCCC(=O)OCC(O)COP(=O)(O)OCC(NC(=O)CCCCCCCCCCCCCCCCCCC)C(=O)O. The number of aliphatic carboxylic acids is 1. The molecule has 0 fully saturated rings. The first kappa shape index (κ1) is 58.5. The van der Waals surface area contributed by atoms with E-state index in [2.05, 4.69) is 19.2 Å². The molecule has 3 unspecified atom stereocenters. The fourth-order valence-corrected chi connectivity index (χ4v) is 8.27. The number of aliphatic hydroxyl groups is 1. The van der Waals surface area contributed by atoms with Gasteiger partial charge >= 0.3 is 19.8 Å². The summed E-state index contributed by atoms with van der Waals surface area (Å²) in [5.74, 6) is -2.35. The van der Waals surface area contributed by atoms with Gasteiger partial charge in [-0.3, -0.25) is 18.6 Å². The number of carbonyl (C=O) groups is 3. The second-order valence-electron chi connectivity index (χ2n) is 17.4. The van der Waals surface area contributed by atoms with E-state index in [1.54, 1.807) is 0 Å². The lowest BCUT2D eigenvalue weighted by atomic mass is 10.0. The number of phosphoric ester groups is 1. The van der Waals surface area contributed by atoms with Gasteiger partial charge < -0.3 is 25.2 Å². The summed E-state index contributed by atoms with van der Waals surface area (Å²) in [6, 6.07) is -1.54. The Morgan fingerprint density at radius 1 is 0.467 bits per heavy atom. The van der Waals surface area contributed by atoms with Crippen LogP contribution in [0.4, 0.5) is 0 Å². The van der Waals surface area contributed by atoms with E-state index in [9.17, 15) is 34.1 Å². The van der Waals surface area contributed by atoms with Gasteiger partial charge in [-0.2, -0.15) is 0 Å². The lowest BCUT2D eigenvalue weighted by Crippen LogP contribution is -2.43. The number of rotatable bonds is 48. The van der Waals surface area contributed by atoms with Crippen LogP contribution in [0.15, 0.2) is 0 Å². The molecule has 0 spiro atoms. The predicted molar refractivity (Wildman–Crippen MR) is 245 cm³/mol. The van der Waals surface area contributed by atoms with Gasteiger partial charge in [0.1, 0.15) is 12.7 Å². The Morgan fingerprint density at radius 2 is 0.767 bits per heavy atom. The molecule has 1 amide bonds. The van der Waals surface area contributed by atoms with Crippen LogP contribution >= 0.6 is 7.82 Å². The summed E-state index contributed by atoms with van der Waals surface area (Å²) < 4.78 is 26.9. The van der Waals surface area contributed by atoms with Crippen molar-refractivity contribution >= 4 is 25.7 Å². The van der Waals surface area contributed by atoms with Crippen LogP contribution in [0, 0.1) is 0 Å². The fraction of sp³-hybridized carbons (Fsp3) is 0.938. The summed E-state index contributed by atoms with van der Waals surface area (Å²) in [7, 11) is -4.75. The maximum absolute atomic E-state index is 12.3. The second-order valence-corrected chi connectivity index (χ2v) is 18.8. The third kappa shape index (κ3) is 43.1. The van der Waals surface area contributed by atoms with Crippen molar-refractivity contribution in [2.75, 3.05) is 19.8 Å². The van der Waals surface area contributed by atoms with Gasteiger partial charge in [0, 0.05) is 12.8 Å². The van der Waals surface area contributed by atoms with Crippen molar-refractivity contribution in [3.05, 3.63) is 0 Å². The average Bonchev–Trinajstić information content (AvgIpc) is 3.22. The highest BCUT2D eigenvalue weighted by Crippen LogP contribution is 2.43. The molecule has 0 heterocycles. The quantitative estimate of drug-likeness (QED) is 0.0262. The monoisotopic (exact) mass is 876 g/mol. The standard InChI is InChI=1S/C48H94NO10P/c1-3-5-7-9-11-13-15-17-19-21-22-24-26-28-30-32-34-36-38-40-47(52)57-41-44(50)42-58-60(55,56)59-43-45(48(53)54)49-46(51)39-37-35-33-31-29-27-25-23-20-18-16-14-12-10-8-6-4-2/h44-45,50H,3-43H2,1-2H3,(H,49,51)(H,53,54)(H,55,56). The minimum atomic E-state index is -4.75. The number of unbranched alkanes of at least 4 members (excludes halogenated alkanes) is 34. The molecule has 0 saturated carbocycles. The summed E-state index contributed by atoms with van der Waals surface area (Å²) in [5.41, 5.74) is 0. The van der Waals surface area contributed by atoms with Crippen LogP contribution in [0.5, 0.6) is 0 Å². The Hall–Kier alpha value is -1.52. The number of ether oxygens (including phenoxy) is 1. The van der Waals surface area contributed by atoms with Crippen LogP contribution in [0.1, 0.15) is 258 Å². The van der Waals surface area contributed by atoms with E-state index in [-0.39, 0.29) is 12.8 Å². The highest BCUT2D eigenvalue weighted by Gasteiger charge is 2.28. The molecule has 4 N–H and O–H groups in total. The lowest BCUT2D eigenvalue weighted by molar-refractivity contribution is -0.147. The van der Waals surface area contributed by atoms with Crippen molar-refractivity contribution in [1.29, 1.82) is 0 Å². The van der Waals surface area contributed by atoms with E-state index < -0.39 is 57.6 Å². The van der Waals surface area contributed by atoms with E-state index in [1.165, 1.54) is 180 Å². The van der Waals surface area contributed by atoms with Crippen LogP contribution in [0.3, 0.4) is 0 Å². The Labute approximate surface area is 367 Å². The Morgan fingerprint density at radius 3 is 1.10 bits per heavy atom. The van der Waals surface area contributed by atoms with Crippen molar-refractivity contribution in [1.82, 2.24) is 5.32 Å². The number of esters is 1. The largest absolute Gasteiger partial charge is 0.480 e. The van der Waals surface area contributed by atoms with Crippen molar-refractivity contribution in [2.45, 2.75) is 270 Å². The third-order valence-corrected chi connectivity index (χ3v) is 12.3. The van der Waals surface area contributed by atoms with Crippen LogP contribution < -0.4 is 5.32 Å². The predicted octanol–water partition coefficient (Wildman–Crippen LogP) is 13.5. The van der Waals surface area contributed by atoms with Crippen molar-refractivity contribution in [3.8, 4) is 0 Å². The van der Waals surface area contributed by atoms with Crippen LogP contribution in [-0.4, -0.2) is 64.9 Å². The zero-order chi connectivity index (χ0) is 44.2.